The van der Waals surface area contributed by atoms with Gasteiger partial charge >= 0.3 is 18.2 Å². The van der Waals surface area contributed by atoms with E-state index in [-0.39, 0.29) is 12.5 Å². The lowest BCUT2D eigenvalue weighted by Crippen LogP contribution is -2.52. The molecule has 7 nitrogen and oxygen atoms in total. The van der Waals surface area contributed by atoms with Crippen LogP contribution in [0.1, 0.15) is 23.5 Å². The normalized spacial score (nSPS) is 14.6. The summed E-state index contributed by atoms with van der Waals surface area (Å²) < 4.78 is 69.7. The van der Waals surface area contributed by atoms with Gasteiger partial charge in [-0.15, -0.1) is 0 Å². The Morgan fingerprint density at radius 3 is 1.94 bits per heavy atom. The molecule has 2 unspecified atom stereocenters. The van der Waals surface area contributed by atoms with Gasteiger partial charge in [0.25, 0.3) is 6.43 Å². The van der Waals surface area contributed by atoms with Crippen LogP contribution in [0.25, 0.3) is 11.1 Å². The fourth-order valence-electron chi connectivity index (χ4n) is 3.70. The molecule has 0 heterocycles. The number of nitrogens with one attached hydrogen (secondary N) is 2. The lowest BCUT2D eigenvalue weighted by Gasteiger charge is -2.21. The third-order valence-electron chi connectivity index (χ3n) is 5.24. The second kappa shape index (κ2) is 10.1. The summed E-state index contributed by atoms with van der Waals surface area (Å²) in [5.74, 6) is -4.40. The molecular weight excluding hydrogens is 467 g/mol. The molecule has 2 amide bonds. The number of hydrogen-bond acceptors (Lipinski definition) is 4. The van der Waals surface area contributed by atoms with Gasteiger partial charge in [-0.3, -0.25) is 4.79 Å². The van der Waals surface area contributed by atoms with Crippen LogP contribution in [0.15, 0.2) is 48.5 Å². The third kappa shape index (κ3) is 5.61. The molecule has 0 aromatic heterocycles. The van der Waals surface area contributed by atoms with Crippen LogP contribution in [0.2, 0.25) is 0 Å². The second-order valence-electron chi connectivity index (χ2n) is 7.50. The number of benzene rings is 2. The number of carboxylic acid groups (broad SMARTS) is 1. The van der Waals surface area contributed by atoms with E-state index in [2.05, 4.69) is 0 Å². The molecule has 0 fully saturated rings. The second-order valence-corrected chi connectivity index (χ2v) is 7.50. The zero-order chi connectivity index (χ0) is 25.0. The van der Waals surface area contributed by atoms with E-state index >= 15 is 0 Å². The summed E-state index contributed by atoms with van der Waals surface area (Å²) in [5, 5.41) is 11.5. The maximum absolute atomic E-state index is 13.3. The van der Waals surface area contributed by atoms with E-state index in [1.54, 1.807) is 17.4 Å². The number of fused-ring (bicyclic) bond motifs is 3. The number of carbonyl (C=O) groups excluding carboxylic acids is 2. The predicted octanol–water partition coefficient (Wildman–Crippen LogP) is 3.68. The highest BCUT2D eigenvalue weighted by molar-refractivity contribution is 5.85. The molecule has 3 rings (SSSR count). The number of alkyl carbamates (subject to hydrolysis) is 1. The fourth-order valence-corrected chi connectivity index (χ4v) is 3.70. The van der Waals surface area contributed by atoms with Gasteiger partial charge in [0.1, 0.15) is 12.6 Å². The Balaban J connectivity index is 1.62. The van der Waals surface area contributed by atoms with Crippen LogP contribution in [0.4, 0.5) is 26.7 Å². The van der Waals surface area contributed by atoms with Gasteiger partial charge in [-0.1, -0.05) is 48.5 Å². The molecule has 182 valence electrons. The van der Waals surface area contributed by atoms with Gasteiger partial charge in [-0.05, 0) is 22.3 Å². The summed E-state index contributed by atoms with van der Waals surface area (Å²) in [5.41, 5.74) is 3.61. The molecular formula is C22H19F5N2O5. The molecule has 0 saturated carbocycles. The summed E-state index contributed by atoms with van der Waals surface area (Å²) in [6, 6.07) is 9.29. The monoisotopic (exact) mass is 486 g/mol. The van der Waals surface area contributed by atoms with E-state index < -0.39 is 49.1 Å². The van der Waals surface area contributed by atoms with Crippen molar-refractivity contribution < 1.29 is 46.2 Å². The van der Waals surface area contributed by atoms with Gasteiger partial charge in [0.05, 0.1) is 6.42 Å². The van der Waals surface area contributed by atoms with Gasteiger partial charge in [0.2, 0.25) is 11.9 Å². The summed E-state index contributed by atoms with van der Waals surface area (Å²) >= 11 is 0. The van der Waals surface area contributed by atoms with Crippen LogP contribution in [-0.2, 0) is 14.3 Å². The Morgan fingerprint density at radius 1 is 0.941 bits per heavy atom. The topological polar surface area (TPSA) is 105 Å². The SMILES string of the molecule is O=C(CC(NC(=O)OCC1c2ccccc2-c2ccccc21)C(F)F)NC(C(=O)O)C(F)(F)F. The van der Waals surface area contributed by atoms with Crippen LogP contribution in [0.3, 0.4) is 0 Å². The molecule has 12 heteroatoms. The number of rotatable bonds is 8. The minimum absolute atomic E-state index is 0.211. The van der Waals surface area contributed by atoms with Crippen molar-refractivity contribution in [3.63, 3.8) is 0 Å². The van der Waals surface area contributed by atoms with Gasteiger partial charge in [0.15, 0.2) is 0 Å². The first kappa shape index (κ1) is 24.9. The van der Waals surface area contributed by atoms with E-state index in [1.807, 2.05) is 36.4 Å². The van der Waals surface area contributed by atoms with Crippen molar-refractivity contribution in [2.24, 2.45) is 0 Å². The van der Waals surface area contributed by atoms with Gasteiger partial charge in [0, 0.05) is 5.92 Å². The fraction of sp³-hybridized carbons (Fsp3) is 0.318. The minimum Gasteiger partial charge on any atom is -0.479 e. The largest absolute Gasteiger partial charge is 0.479 e. The number of carbonyl (C=O) groups is 3. The molecule has 2 atom stereocenters. The Hall–Kier alpha value is -3.70. The number of aliphatic carboxylic acids is 1. The Bertz CT molecular complexity index is 1030. The summed E-state index contributed by atoms with van der Waals surface area (Å²) in [4.78, 5) is 34.6. The van der Waals surface area contributed by atoms with Crippen LogP contribution < -0.4 is 10.6 Å². The first-order valence-corrected chi connectivity index (χ1v) is 9.97. The Morgan fingerprint density at radius 2 is 1.47 bits per heavy atom. The number of ether oxygens (including phenoxy) is 1. The molecule has 0 bridgehead atoms. The summed E-state index contributed by atoms with van der Waals surface area (Å²) in [6.45, 7) is -0.211. The summed E-state index contributed by atoms with van der Waals surface area (Å²) in [7, 11) is 0. The van der Waals surface area contributed by atoms with E-state index in [0.29, 0.717) is 0 Å². The van der Waals surface area contributed by atoms with E-state index in [1.165, 1.54) is 0 Å². The number of hydrogen-bond donors (Lipinski definition) is 3. The molecule has 2 aromatic carbocycles. The lowest BCUT2D eigenvalue weighted by atomic mass is 9.98. The van der Waals surface area contributed by atoms with Crippen molar-refractivity contribution in [2.45, 2.75) is 37.0 Å². The van der Waals surface area contributed by atoms with Gasteiger partial charge < -0.3 is 20.5 Å². The van der Waals surface area contributed by atoms with Crippen LogP contribution in [0.5, 0.6) is 0 Å². The number of carboxylic acids is 1. The minimum atomic E-state index is -5.33. The van der Waals surface area contributed by atoms with Crippen molar-refractivity contribution in [1.29, 1.82) is 0 Å². The molecule has 3 N–H and O–H groups in total. The van der Waals surface area contributed by atoms with Crippen LogP contribution in [-0.4, -0.2) is 54.4 Å². The smallest absolute Gasteiger partial charge is 0.419 e. The number of halogens is 5. The van der Waals surface area contributed by atoms with E-state index in [0.717, 1.165) is 27.6 Å². The zero-order valence-corrected chi connectivity index (χ0v) is 17.3. The molecule has 1 aliphatic carbocycles. The summed E-state index contributed by atoms with van der Waals surface area (Å²) in [6.07, 6.45) is -11.3. The van der Waals surface area contributed by atoms with Crippen molar-refractivity contribution >= 4 is 18.0 Å². The number of amides is 2. The molecule has 0 saturated heterocycles. The highest BCUT2D eigenvalue weighted by Gasteiger charge is 2.46. The standard InChI is InChI=1S/C22H19F5N2O5/c23-19(24)16(9-17(30)29-18(20(31)32)22(25,26)27)28-21(33)34-10-15-13-7-3-1-5-11(13)12-6-2-4-8-14(12)15/h1-8,15-16,18-19H,9-10H2,(H,28,33)(H,29,30)(H,31,32). The van der Waals surface area contributed by atoms with Crippen molar-refractivity contribution in [3.8, 4) is 11.1 Å². The maximum Gasteiger partial charge on any atom is 0.419 e. The molecule has 34 heavy (non-hydrogen) atoms. The first-order chi connectivity index (χ1) is 16.0. The number of alkyl halides is 5. The van der Waals surface area contributed by atoms with Crippen LogP contribution in [0, 0.1) is 0 Å². The Kier molecular flexibility index (Phi) is 7.38. The van der Waals surface area contributed by atoms with Crippen molar-refractivity contribution in [1.82, 2.24) is 10.6 Å². The predicted molar refractivity (Wildman–Crippen MR) is 108 cm³/mol. The van der Waals surface area contributed by atoms with E-state index in [4.69, 9.17) is 9.84 Å². The molecule has 0 aliphatic heterocycles. The quantitative estimate of drug-likeness (QED) is 0.494. The zero-order valence-electron chi connectivity index (χ0n) is 17.3. The van der Waals surface area contributed by atoms with E-state index in [9.17, 15) is 36.3 Å². The molecule has 0 radical (unpaired) electrons. The van der Waals surface area contributed by atoms with Crippen molar-refractivity contribution in [2.75, 3.05) is 6.61 Å². The molecule has 1 aliphatic rings. The average Bonchev–Trinajstić information content (AvgIpc) is 3.08. The third-order valence-corrected chi connectivity index (χ3v) is 5.24. The van der Waals surface area contributed by atoms with Gasteiger partial charge in [-0.25, -0.2) is 18.4 Å². The molecule has 2 aromatic rings. The molecule has 0 spiro atoms. The van der Waals surface area contributed by atoms with Gasteiger partial charge in [-0.2, -0.15) is 13.2 Å². The highest BCUT2D eigenvalue weighted by atomic mass is 19.4. The van der Waals surface area contributed by atoms with Crippen LogP contribution >= 0.6 is 0 Å². The maximum atomic E-state index is 13.3. The first-order valence-electron chi connectivity index (χ1n) is 9.97. The Labute approximate surface area is 189 Å². The average molecular weight is 486 g/mol. The lowest BCUT2D eigenvalue weighted by molar-refractivity contribution is -0.182. The highest BCUT2D eigenvalue weighted by Crippen LogP contribution is 2.44. The van der Waals surface area contributed by atoms with Crippen molar-refractivity contribution in [3.05, 3.63) is 59.7 Å².